The number of benzene rings is 2. The summed E-state index contributed by atoms with van der Waals surface area (Å²) in [5.74, 6) is -2.11. The Balaban J connectivity index is 1.75. The normalized spacial score (nSPS) is 12.5. The molecule has 1 aromatic heterocycles. The molecule has 2 N–H and O–H groups in total. The zero-order chi connectivity index (χ0) is 25.8. The minimum atomic E-state index is -3.92. The second-order valence-electron chi connectivity index (χ2n) is 8.02. The molecule has 0 radical (unpaired) electrons. The lowest BCUT2D eigenvalue weighted by molar-refractivity contribution is -0.141. The number of amides is 1. The fourth-order valence-corrected chi connectivity index (χ4v) is 5.06. The minimum Gasteiger partial charge on any atom is -0.462 e. The van der Waals surface area contributed by atoms with E-state index in [0.29, 0.717) is 16.3 Å². The molecule has 2 aromatic carbocycles. The number of rotatable bonds is 10. The van der Waals surface area contributed by atoms with Gasteiger partial charge >= 0.3 is 5.97 Å². The topological polar surface area (TPSA) is 124 Å². The number of aromatic nitrogens is 1. The molecule has 0 unspecified atom stereocenters. The summed E-state index contributed by atoms with van der Waals surface area (Å²) < 4.78 is 36.3. The zero-order valence-electron chi connectivity index (χ0n) is 19.6. The number of esters is 1. The molecule has 0 aliphatic rings. The van der Waals surface area contributed by atoms with E-state index in [1.807, 2.05) is 19.1 Å². The molecule has 0 spiro atoms. The van der Waals surface area contributed by atoms with Crippen molar-refractivity contribution in [2.75, 3.05) is 32.7 Å². The van der Waals surface area contributed by atoms with Gasteiger partial charge in [-0.05, 0) is 48.4 Å². The Morgan fingerprint density at radius 1 is 1.14 bits per heavy atom. The highest BCUT2D eigenvalue weighted by atomic mass is 35.5. The first kappa shape index (κ1) is 26.7. The number of aliphatic hydroxyl groups is 1. The first-order valence-corrected chi connectivity index (χ1v) is 12.7. The Labute approximate surface area is 208 Å². The van der Waals surface area contributed by atoms with Crippen LogP contribution in [0, 0.1) is 6.92 Å². The molecule has 3 aromatic rings. The zero-order valence-corrected chi connectivity index (χ0v) is 21.1. The molecule has 0 saturated carbocycles. The molecule has 188 valence electrons. The van der Waals surface area contributed by atoms with E-state index in [1.54, 1.807) is 17.7 Å². The van der Waals surface area contributed by atoms with Gasteiger partial charge in [0.05, 0.1) is 34.7 Å². The summed E-state index contributed by atoms with van der Waals surface area (Å²) in [6.07, 6.45) is 0. The second-order valence-corrected chi connectivity index (χ2v) is 10.4. The lowest BCUT2D eigenvalue weighted by Gasteiger charge is -2.17. The molecule has 3 rings (SSSR count). The molecule has 0 aliphatic carbocycles. The van der Waals surface area contributed by atoms with E-state index in [0.717, 1.165) is 16.5 Å². The summed E-state index contributed by atoms with van der Waals surface area (Å²) in [5, 5.41) is 13.9. The third-order valence-electron chi connectivity index (χ3n) is 5.48. The average molecular weight is 523 g/mol. The molecular formula is C24H27ClN2O7S. The van der Waals surface area contributed by atoms with Crippen LogP contribution in [-0.2, 0) is 31.2 Å². The summed E-state index contributed by atoms with van der Waals surface area (Å²) in [5.41, 5.74) is 2.62. The molecule has 1 amide bonds. The van der Waals surface area contributed by atoms with Gasteiger partial charge in [0.25, 0.3) is 5.91 Å². The van der Waals surface area contributed by atoms with Gasteiger partial charge in [-0.15, -0.1) is 0 Å². The van der Waals surface area contributed by atoms with E-state index in [1.165, 1.54) is 31.4 Å². The number of carbonyl (C=O) groups excluding carboxylic acids is 2. The fraction of sp³-hybridized carbons (Fsp3) is 0.333. The van der Waals surface area contributed by atoms with E-state index >= 15 is 0 Å². The monoisotopic (exact) mass is 522 g/mol. The lowest BCUT2D eigenvalue weighted by Crippen LogP contribution is -2.32. The number of fused-ring (bicyclic) bond motifs is 1. The van der Waals surface area contributed by atoms with Gasteiger partial charge in [0.15, 0.2) is 15.6 Å². The largest absolute Gasteiger partial charge is 0.462 e. The van der Waals surface area contributed by atoms with Gasteiger partial charge in [0.1, 0.15) is 12.3 Å². The number of aliphatic hydroxyl groups excluding tert-OH is 1. The van der Waals surface area contributed by atoms with Crippen molar-refractivity contribution in [1.82, 2.24) is 9.88 Å². The van der Waals surface area contributed by atoms with Crippen LogP contribution in [0.2, 0.25) is 5.02 Å². The second kappa shape index (κ2) is 11.2. The third-order valence-corrected chi connectivity index (χ3v) is 7.40. The van der Waals surface area contributed by atoms with Gasteiger partial charge in [-0.2, -0.15) is 0 Å². The smallest absolute Gasteiger partial charge is 0.321 e. The maximum absolute atomic E-state index is 13.0. The molecule has 0 aliphatic heterocycles. The number of nitrogens with zero attached hydrogens (tertiary/aromatic N) is 1. The molecular weight excluding hydrogens is 496 g/mol. The number of aryl methyl sites for hydroxylation is 2. The van der Waals surface area contributed by atoms with E-state index in [-0.39, 0.29) is 18.1 Å². The van der Waals surface area contributed by atoms with Crippen LogP contribution >= 0.6 is 11.6 Å². The Morgan fingerprint density at radius 2 is 1.83 bits per heavy atom. The number of hydrogen-bond acceptors (Lipinski definition) is 7. The van der Waals surface area contributed by atoms with Crippen LogP contribution in [0.15, 0.2) is 47.4 Å². The van der Waals surface area contributed by atoms with Gasteiger partial charge in [0.2, 0.25) is 0 Å². The van der Waals surface area contributed by atoms with Gasteiger partial charge in [0, 0.05) is 19.5 Å². The summed E-state index contributed by atoms with van der Waals surface area (Å²) in [6.45, 7) is 1.63. The van der Waals surface area contributed by atoms with Gasteiger partial charge in [-0.25, -0.2) is 8.42 Å². The molecule has 9 nitrogen and oxygen atoms in total. The maximum atomic E-state index is 13.0. The van der Waals surface area contributed by atoms with E-state index in [9.17, 15) is 23.1 Å². The number of halogens is 1. The average Bonchev–Trinajstić information content (AvgIpc) is 3.14. The van der Waals surface area contributed by atoms with Crippen LogP contribution in [0.25, 0.3) is 10.9 Å². The highest BCUT2D eigenvalue weighted by Crippen LogP contribution is 2.28. The Bertz CT molecular complexity index is 1330. The van der Waals surface area contributed by atoms with Crippen molar-refractivity contribution in [3.63, 3.8) is 0 Å². The van der Waals surface area contributed by atoms with Crippen LogP contribution in [-0.4, -0.2) is 62.7 Å². The van der Waals surface area contributed by atoms with Crippen molar-refractivity contribution >= 4 is 44.2 Å². The number of nitrogens with one attached hydrogen (secondary N) is 1. The molecule has 11 heteroatoms. The summed E-state index contributed by atoms with van der Waals surface area (Å²) in [6, 6.07) is 10.2. The Kier molecular flexibility index (Phi) is 8.55. The number of hydrogen-bond donors (Lipinski definition) is 2. The van der Waals surface area contributed by atoms with Gasteiger partial charge in [-0.3, -0.25) is 9.59 Å². The van der Waals surface area contributed by atoms with Crippen LogP contribution in [0.5, 0.6) is 0 Å². The predicted octanol–water partition coefficient (Wildman–Crippen LogP) is 2.57. The highest BCUT2D eigenvalue weighted by molar-refractivity contribution is 7.92. The van der Waals surface area contributed by atoms with E-state index < -0.39 is 40.1 Å². The molecule has 0 saturated heterocycles. The molecule has 0 fully saturated rings. The van der Waals surface area contributed by atoms with Crippen molar-refractivity contribution in [1.29, 1.82) is 0 Å². The molecule has 1 heterocycles. The Morgan fingerprint density at radius 3 is 2.46 bits per heavy atom. The van der Waals surface area contributed by atoms with Crippen LogP contribution in [0.4, 0.5) is 0 Å². The van der Waals surface area contributed by atoms with Gasteiger partial charge in [-0.1, -0.05) is 23.7 Å². The number of sulfone groups is 1. The Hall–Kier alpha value is -2.92. The first-order valence-electron chi connectivity index (χ1n) is 10.7. The summed E-state index contributed by atoms with van der Waals surface area (Å²) in [7, 11) is -0.733. The van der Waals surface area contributed by atoms with Crippen molar-refractivity contribution in [2.24, 2.45) is 7.05 Å². The maximum Gasteiger partial charge on any atom is 0.321 e. The summed E-state index contributed by atoms with van der Waals surface area (Å²) >= 11 is 6.33. The van der Waals surface area contributed by atoms with Crippen LogP contribution in [0.1, 0.15) is 27.7 Å². The fourth-order valence-electron chi connectivity index (χ4n) is 3.63. The van der Waals surface area contributed by atoms with Crippen LogP contribution in [0.3, 0.4) is 0 Å². The van der Waals surface area contributed by atoms with Crippen molar-refractivity contribution < 1.29 is 32.6 Å². The SMILES string of the molecule is COCCOC(=O)CS(=O)(=O)c1ccc([C@@H](CO)NC(=O)c2cc3c(Cl)cc(C)cc3n2C)cc1. The van der Waals surface area contributed by atoms with Crippen LogP contribution < -0.4 is 5.32 Å². The standard InChI is InChI=1S/C24H27ClN2O7S/c1-15-10-19(25)18-12-22(27(2)21(18)11-15)24(30)26-20(13-28)16-4-6-17(7-5-16)35(31,32)14-23(29)34-9-8-33-3/h4-7,10-12,20,28H,8-9,13-14H2,1-3H3,(H,26,30)/t20-/m1/s1. The predicted molar refractivity (Wildman–Crippen MR) is 131 cm³/mol. The lowest BCUT2D eigenvalue weighted by atomic mass is 10.1. The number of ether oxygens (including phenoxy) is 2. The first-order chi connectivity index (χ1) is 16.6. The van der Waals surface area contributed by atoms with Gasteiger partial charge < -0.3 is 24.5 Å². The van der Waals surface area contributed by atoms with E-state index in [2.05, 4.69) is 5.32 Å². The highest BCUT2D eigenvalue weighted by Gasteiger charge is 2.23. The molecule has 1 atom stereocenters. The van der Waals surface area contributed by atoms with Crippen molar-refractivity contribution in [3.8, 4) is 0 Å². The quantitative estimate of drug-likeness (QED) is 0.310. The van der Waals surface area contributed by atoms with Crippen molar-refractivity contribution in [2.45, 2.75) is 17.9 Å². The summed E-state index contributed by atoms with van der Waals surface area (Å²) in [4.78, 5) is 24.7. The third kappa shape index (κ3) is 6.21. The minimum absolute atomic E-state index is 0.0375. The van der Waals surface area contributed by atoms with E-state index in [4.69, 9.17) is 21.1 Å². The van der Waals surface area contributed by atoms with Crippen molar-refractivity contribution in [3.05, 3.63) is 64.3 Å². The molecule has 0 bridgehead atoms. The number of methoxy groups -OCH3 is 1. The number of carbonyl (C=O) groups is 2. The molecule has 35 heavy (non-hydrogen) atoms.